The zero-order valence-electron chi connectivity index (χ0n) is 11.7. The molecule has 112 valence electrons. The predicted octanol–water partition coefficient (Wildman–Crippen LogP) is 0.674. The van der Waals surface area contributed by atoms with Gasteiger partial charge in [0.25, 0.3) is 0 Å². The van der Waals surface area contributed by atoms with Crippen molar-refractivity contribution < 1.29 is 19.1 Å². The Morgan fingerprint density at radius 2 is 1.85 bits per heavy atom. The van der Waals surface area contributed by atoms with Crippen molar-refractivity contribution in [1.82, 2.24) is 5.32 Å². The highest BCUT2D eigenvalue weighted by atomic mass is 31.2. The first-order valence-corrected chi connectivity index (χ1v) is 8.33. The average molecular weight is 297 g/mol. The molecule has 0 aliphatic rings. The first kappa shape index (κ1) is 16.9. The Bertz CT molecular complexity index is 469. The predicted molar refractivity (Wildman–Crippen MR) is 74.0 cm³/mol. The molecule has 0 aliphatic heterocycles. The van der Waals surface area contributed by atoms with Crippen LogP contribution < -0.4 is 15.1 Å². The van der Waals surface area contributed by atoms with Gasteiger partial charge >= 0.3 is 0 Å². The summed E-state index contributed by atoms with van der Waals surface area (Å²) in [7, 11) is -4.63. The van der Waals surface area contributed by atoms with Crippen LogP contribution in [0.15, 0.2) is 30.3 Å². The van der Waals surface area contributed by atoms with Crippen LogP contribution in [-0.4, -0.2) is 18.1 Å². The van der Waals surface area contributed by atoms with Crippen molar-refractivity contribution in [3.05, 3.63) is 35.9 Å². The molecule has 0 aromatic heterocycles. The number of carbonyl (C=O) groups is 1. The first-order valence-electron chi connectivity index (χ1n) is 6.60. The van der Waals surface area contributed by atoms with Gasteiger partial charge in [0.15, 0.2) is 0 Å². The van der Waals surface area contributed by atoms with E-state index in [4.69, 9.17) is 0 Å². The highest BCUT2D eigenvalue weighted by Crippen LogP contribution is 2.26. The number of hydrogen-bond donors (Lipinski definition) is 1. The lowest BCUT2D eigenvalue weighted by Gasteiger charge is -2.34. The van der Waals surface area contributed by atoms with E-state index in [1.165, 1.54) is 0 Å². The Morgan fingerprint density at radius 3 is 2.35 bits per heavy atom. The molecule has 0 aliphatic carbocycles. The lowest BCUT2D eigenvalue weighted by atomic mass is 10.0. The van der Waals surface area contributed by atoms with Gasteiger partial charge in [-0.25, -0.2) is 0 Å². The van der Waals surface area contributed by atoms with Gasteiger partial charge in [-0.15, -0.1) is 0 Å². The van der Waals surface area contributed by atoms with Gasteiger partial charge in [0.1, 0.15) is 0 Å². The molecule has 1 N–H and O–H groups in total. The molecule has 1 aromatic rings. The van der Waals surface area contributed by atoms with E-state index < -0.39 is 19.8 Å². The van der Waals surface area contributed by atoms with E-state index in [0.717, 1.165) is 5.56 Å². The third kappa shape index (κ3) is 7.43. The SMILES string of the molecule is CC(C)C[C@H](CP(=O)([O-])[O-])NC(=O)Cc1ccccc1. The molecule has 0 radical (unpaired) electrons. The minimum Gasteiger partial charge on any atom is -0.811 e. The number of amides is 1. The maximum absolute atomic E-state index is 11.9. The first-order chi connectivity index (χ1) is 9.26. The van der Waals surface area contributed by atoms with E-state index >= 15 is 0 Å². The van der Waals surface area contributed by atoms with Crippen molar-refractivity contribution >= 4 is 13.5 Å². The summed E-state index contributed by atoms with van der Waals surface area (Å²) in [6.07, 6.45) is 0.109. The second-order valence-electron chi connectivity index (χ2n) is 5.35. The number of hydrogen-bond acceptors (Lipinski definition) is 4. The molecule has 0 saturated carbocycles. The minimum absolute atomic E-state index is 0.178. The third-order valence-electron chi connectivity index (χ3n) is 2.77. The molecule has 1 amide bonds. The molecule has 0 unspecified atom stereocenters. The number of nitrogens with one attached hydrogen (secondary N) is 1. The van der Waals surface area contributed by atoms with E-state index in [1.54, 1.807) is 0 Å². The maximum Gasteiger partial charge on any atom is 0.224 e. The summed E-state index contributed by atoms with van der Waals surface area (Å²) in [5.74, 6) is -0.0705. The van der Waals surface area contributed by atoms with E-state index in [0.29, 0.717) is 6.42 Å². The van der Waals surface area contributed by atoms with Crippen LogP contribution in [0.3, 0.4) is 0 Å². The van der Waals surface area contributed by atoms with Gasteiger partial charge in [0.2, 0.25) is 5.91 Å². The highest BCUT2D eigenvalue weighted by Gasteiger charge is 2.15. The number of rotatable bonds is 7. The fourth-order valence-corrected chi connectivity index (χ4v) is 2.86. The molecule has 0 bridgehead atoms. The second-order valence-corrected chi connectivity index (χ2v) is 6.94. The Balaban J connectivity index is 2.59. The van der Waals surface area contributed by atoms with Crippen molar-refractivity contribution in [3.63, 3.8) is 0 Å². The molecule has 1 atom stereocenters. The van der Waals surface area contributed by atoms with Gasteiger partial charge < -0.3 is 19.7 Å². The zero-order chi connectivity index (χ0) is 15.2. The van der Waals surface area contributed by atoms with Gasteiger partial charge in [-0.3, -0.25) is 4.79 Å². The summed E-state index contributed by atoms with van der Waals surface area (Å²) < 4.78 is 10.9. The smallest absolute Gasteiger partial charge is 0.224 e. The van der Waals surface area contributed by atoms with E-state index in [1.807, 2.05) is 44.2 Å². The van der Waals surface area contributed by atoms with Crippen LogP contribution in [0.4, 0.5) is 0 Å². The third-order valence-corrected chi connectivity index (χ3v) is 3.66. The Morgan fingerprint density at radius 1 is 1.25 bits per heavy atom. The van der Waals surface area contributed by atoms with Crippen molar-refractivity contribution in [2.45, 2.75) is 32.7 Å². The van der Waals surface area contributed by atoms with Gasteiger partial charge in [-0.2, -0.15) is 0 Å². The Kier molecular flexibility index (Phi) is 6.40. The zero-order valence-corrected chi connectivity index (χ0v) is 12.6. The molecule has 0 spiro atoms. The largest absolute Gasteiger partial charge is 0.811 e. The number of carbonyl (C=O) groups excluding carboxylic acids is 1. The monoisotopic (exact) mass is 297 g/mol. The van der Waals surface area contributed by atoms with Gasteiger partial charge in [-0.1, -0.05) is 51.8 Å². The molecule has 6 heteroatoms. The summed E-state index contributed by atoms with van der Waals surface area (Å²) in [6, 6.07) is 8.54. The lowest BCUT2D eigenvalue weighted by molar-refractivity contribution is -0.313. The molecule has 0 saturated heterocycles. The van der Waals surface area contributed by atoms with Crippen molar-refractivity contribution in [3.8, 4) is 0 Å². The summed E-state index contributed by atoms with van der Waals surface area (Å²) in [5.41, 5.74) is 0.848. The summed E-state index contributed by atoms with van der Waals surface area (Å²) in [6.45, 7) is 3.83. The molecule has 0 fully saturated rings. The van der Waals surface area contributed by atoms with E-state index in [2.05, 4.69) is 5.32 Å². The standard InChI is InChI=1S/C14H22NO4P/c1-11(2)8-13(10-20(17,18)19)15-14(16)9-12-6-4-3-5-7-12/h3-7,11,13H,8-10H2,1-2H3,(H,15,16)(H2,17,18,19)/p-2/t13-/m1/s1. The summed E-state index contributed by atoms with van der Waals surface area (Å²) in [5, 5.41) is 2.64. The van der Waals surface area contributed by atoms with Crippen LogP contribution in [-0.2, 0) is 15.8 Å². The normalized spacial score (nSPS) is 13.2. The fraction of sp³-hybridized carbons (Fsp3) is 0.500. The Hall–Kier alpha value is -1.16. The molecular formula is C14H20NO4P-2. The fourth-order valence-electron chi connectivity index (χ4n) is 2.08. The van der Waals surface area contributed by atoms with E-state index in [9.17, 15) is 19.1 Å². The summed E-state index contributed by atoms with van der Waals surface area (Å²) in [4.78, 5) is 33.7. The van der Waals surface area contributed by atoms with Crippen molar-refractivity contribution in [1.29, 1.82) is 0 Å². The molecular weight excluding hydrogens is 277 g/mol. The molecule has 20 heavy (non-hydrogen) atoms. The molecule has 0 heterocycles. The quantitative estimate of drug-likeness (QED) is 0.749. The van der Waals surface area contributed by atoms with Crippen molar-refractivity contribution in [2.24, 2.45) is 5.92 Å². The topological polar surface area (TPSA) is 92.3 Å². The van der Waals surface area contributed by atoms with Crippen LogP contribution in [0.1, 0.15) is 25.8 Å². The second kappa shape index (κ2) is 7.58. The van der Waals surface area contributed by atoms with Gasteiger partial charge in [0, 0.05) is 6.04 Å². The average Bonchev–Trinajstić information content (AvgIpc) is 2.26. The van der Waals surface area contributed by atoms with Gasteiger partial charge in [0.05, 0.1) is 6.42 Å². The maximum atomic E-state index is 11.9. The van der Waals surface area contributed by atoms with Crippen LogP contribution in [0.25, 0.3) is 0 Å². The highest BCUT2D eigenvalue weighted by molar-refractivity contribution is 7.48. The van der Waals surface area contributed by atoms with Gasteiger partial charge in [-0.05, 0) is 24.1 Å². The number of benzene rings is 1. The molecule has 1 rings (SSSR count). The van der Waals surface area contributed by atoms with Crippen LogP contribution in [0.5, 0.6) is 0 Å². The van der Waals surface area contributed by atoms with Crippen molar-refractivity contribution in [2.75, 3.05) is 6.16 Å². The minimum atomic E-state index is -4.63. The van der Waals surface area contributed by atoms with E-state index in [-0.39, 0.29) is 18.2 Å². The Labute approximate surface area is 119 Å². The van der Waals surface area contributed by atoms with Crippen LogP contribution in [0.2, 0.25) is 0 Å². The molecule has 1 aromatic carbocycles. The summed E-state index contributed by atoms with van der Waals surface area (Å²) >= 11 is 0. The molecule has 5 nitrogen and oxygen atoms in total. The lowest BCUT2D eigenvalue weighted by Crippen LogP contribution is -2.41. The van der Waals surface area contributed by atoms with Crippen LogP contribution >= 0.6 is 7.60 Å². The van der Waals surface area contributed by atoms with Crippen LogP contribution in [0, 0.1) is 5.92 Å².